The third-order valence-electron chi connectivity index (χ3n) is 4.61. The maximum atomic E-state index is 12.4. The van der Waals surface area contributed by atoms with Crippen LogP contribution in [-0.4, -0.2) is 39.2 Å². The third kappa shape index (κ3) is 5.16. The average molecular weight is 387 g/mol. The Morgan fingerprint density at radius 3 is 2.32 bits per heavy atom. The predicted molar refractivity (Wildman–Crippen MR) is 103 cm³/mol. The molecule has 0 bridgehead atoms. The molecule has 1 saturated carbocycles. The van der Waals surface area contributed by atoms with Crippen LogP contribution in [0.4, 0.5) is 5.69 Å². The molecule has 0 spiro atoms. The second kappa shape index (κ2) is 10.2. The Labute approximate surface area is 164 Å². The van der Waals surface area contributed by atoms with Gasteiger partial charge in [0, 0.05) is 24.4 Å². The smallest absolute Gasteiger partial charge is 0.340 e. The van der Waals surface area contributed by atoms with Crippen LogP contribution < -0.4 is 20.1 Å². The molecule has 0 aromatic heterocycles. The predicted octanol–water partition coefficient (Wildman–Crippen LogP) is 2.76. The average Bonchev–Trinajstić information content (AvgIpc) is 2.73. The zero-order valence-electron chi connectivity index (χ0n) is 16.3. The fraction of sp³-hybridized carbons (Fsp3) is 0.450. The van der Waals surface area contributed by atoms with Gasteiger partial charge in [-0.3, -0.25) is 4.79 Å². The van der Waals surface area contributed by atoms with Gasteiger partial charge in [0.05, 0.1) is 32.6 Å². The molecular weight excluding hydrogens is 362 g/mol. The molecule has 8 nitrogen and oxygen atoms in total. The van der Waals surface area contributed by atoms with Gasteiger partial charge in [0.15, 0.2) is 11.5 Å². The topological polar surface area (TPSA) is 110 Å². The number of ether oxygens (including phenoxy) is 3. The van der Waals surface area contributed by atoms with Crippen LogP contribution in [0, 0.1) is 11.3 Å². The Morgan fingerprint density at radius 1 is 1.11 bits per heavy atom. The van der Waals surface area contributed by atoms with Crippen molar-refractivity contribution in [3.05, 3.63) is 29.5 Å². The van der Waals surface area contributed by atoms with Crippen LogP contribution in [0.5, 0.6) is 11.5 Å². The molecule has 1 aromatic rings. The number of anilines is 1. The monoisotopic (exact) mass is 387 g/mol. The summed E-state index contributed by atoms with van der Waals surface area (Å²) >= 11 is 0. The first kappa shape index (κ1) is 21.1. The Balaban J connectivity index is 2.24. The molecule has 1 aliphatic rings. The Morgan fingerprint density at radius 2 is 1.75 bits per heavy atom. The molecule has 2 N–H and O–H groups in total. The number of carbonyl (C=O) groups excluding carboxylic acids is 2. The number of amides is 1. The van der Waals surface area contributed by atoms with Crippen LogP contribution in [0.15, 0.2) is 23.9 Å². The van der Waals surface area contributed by atoms with Gasteiger partial charge < -0.3 is 24.8 Å². The molecule has 1 aliphatic carbocycles. The second-order valence-corrected chi connectivity index (χ2v) is 6.37. The van der Waals surface area contributed by atoms with Crippen LogP contribution in [0.1, 0.15) is 42.5 Å². The standard InChI is InChI=1S/C20H25N3O5/c1-26-17-9-15(20(25)28-3)16(10-18(17)27-2)22-12-13(11-21)19(24)23-14-7-5-4-6-8-14/h9-10,12,14,22H,4-8H2,1-3H3,(H,23,24)/b13-12+. The zero-order chi connectivity index (χ0) is 20.5. The minimum absolute atomic E-state index is 0.0869. The molecule has 0 atom stereocenters. The summed E-state index contributed by atoms with van der Waals surface area (Å²) in [5.74, 6) is -0.298. The van der Waals surface area contributed by atoms with Gasteiger partial charge in [0.2, 0.25) is 0 Å². The molecule has 1 aromatic carbocycles. The SMILES string of the molecule is COC(=O)c1cc(OC)c(OC)cc1N/C=C(\C#N)C(=O)NC1CCCCC1. The fourth-order valence-corrected chi connectivity index (χ4v) is 3.09. The highest BCUT2D eigenvalue weighted by Gasteiger charge is 2.20. The van der Waals surface area contributed by atoms with Crippen LogP contribution in [0.2, 0.25) is 0 Å². The van der Waals surface area contributed by atoms with Crippen molar-refractivity contribution < 1.29 is 23.8 Å². The summed E-state index contributed by atoms with van der Waals surface area (Å²) < 4.78 is 15.2. The van der Waals surface area contributed by atoms with Crippen molar-refractivity contribution in [1.82, 2.24) is 5.32 Å². The lowest BCUT2D eigenvalue weighted by Gasteiger charge is -2.22. The summed E-state index contributed by atoms with van der Waals surface area (Å²) in [6, 6.07) is 4.98. The molecule has 150 valence electrons. The number of hydrogen-bond acceptors (Lipinski definition) is 7. The maximum Gasteiger partial charge on any atom is 0.340 e. The van der Waals surface area contributed by atoms with Gasteiger partial charge >= 0.3 is 5.97 Å². The van der Waals surface area contributed by atoms with Gasteiger partial charge in [-0.2, -0.15) is 5.26 Å². The van der Waals surface area contributed by atoms with Gasteiger partial charge in [0.25, 0.3) is 5.91 Å². The number of rotatable bonds is 7. The number of hydrogen-bond donors (Lipinski definition) is 2. The lowest BCUT2D eigenvalue weighted by atomic mass is 9.95. The lowest BCUT2D eigenvalue weighted by molar-refractivity contribution is -0.118. The first-order valence-corrected chi connectivity index (χ1v) is 9.06. The second-order valence-electron chi connectivity index (χ2n) is 6.37. The van der Waals surface area contributed by atoms with Gasteiger partial charge in [-0.05, 0) is 12.8 Å². The molecule has 0 saturated heterocycles. The largest absolute Gasteiger partial charge is 0.493 e. The highest BCUT2D eigenvalue weighted by Crippen LogP contribution is 2.33. The van der Waals surface area contributed by atoms with Crippen LogP contribution >= 0.6 is 0 Å². The molecule has 2 rings (SSSR count). The molecule has 0 aliphatic heterocycles. The summed E-state index contributed by atoms with van der Waals surface area (Å²) in [6.45, 7) is 0. The van der Waals surface area contributed by atoms with E-state index in [0.717, 1.165) is 25.7 Å². The minimum atomic E-state index is -0.595. The van der Waals surface area contributed by atoms with Crippen LogP contribution in [0.3, 0.4) is 0 Å². The van der Waals surface area contributed by atoms with Crippen molar-refractivity contribution in [1.29, 1.82) is 5.26 Å². The van der Waals surface area contributed by atoms with Crippen molar-refractivity contribution in [3.63, 3.8) is 0 Å². The van der Waals surface area contributed by atoms with E-state index in [9.17, 15) is 14.9 Å². The fourth-order valence-electron chi connectivity index (χ4n) is 3.09. The van der Waals surface area contributed by atoms with Crippen molar-refractivity contribution in [3.8, 4) is 17.6 Å². The zero-order valence-corrected chi connectivity index (χ0v) is 16.3. The number of methoxy groups -OCH3 is 3. The number of nitriles is 1. The van der Waals surface area contributed by atoms with Crippen LogP contribution in [0.25, 0.3) is 0 Å². The van der Waals surface area contributed by atoms with E-state index in [4.69, 9.17) is 14.2 Å². The van der Waals surface area contributed by atoms with Crippen molar-refractivity contribution in [2.75, 3.05) is 26.6 Å². The van der Waals surface area contributed by atoms with E-state index in [2.05, 4.69) is 10.6 Å². The van der Waals surface area contributed by atoms with Gasteiger partial charge in [0.1, 0.15) is 11.6 Å². The van der Waals surface area contributed by atoms with Crippen molar-refractivity contribution in [2.45, 2.75) is 38.1 Å². The number of nitrogens with one attached hydrogen (secondary N) is 2. The minimum Gasteiger partial charge on any atom is -0.493 e. The van der Waals surface area contributed by atoms with E-state index in [-0.39, 0.29) is 17.2 Å². The summed E-state index contributed by atoms with van der Waals surface area (Å²) in [7, 11) is 4.18. The summed E-state index contributed by atoms with van der Waals surface area (Å²) in [5.41, 5.74) is 0.417. The van der Waals surface area contributed by atoms with E-state index in [1.807, 2.05) is 6.07 Å². The molecule has 1 fully saturated rings. The molecular formula is C20H25N3O5. The normalized spacial score (nSPS) is 14.6. The van der Waals surface area contributed by atoms with E-state index in [0.29, 0.717) is 17.2 Å². The van der Waals surface area contributed by atoms with Gasteiger partial charge in [-0.25, -0.2) is 4.79 Å². The molecule has 1 amide bonds. The number of nitrogens with zero attached hydrogens (tertiary/aromatic N) is 1. The summed E-state index contributed by atoms with van der Waals surface area (Å²) in [4.78, 5) is 24.5. The highest BCUT2D eigenvalue weighted by atomic mass is 16.5. The molecule has 8 heteroatoms. The van der Waals surface area contributed by atoms with E-state index in [1.165, 1.54) is 46.1 Å². The molecule has 0 unspecified atom stereocenters. The van der Waals surface area contributed by atoms with Gasteiger partial charge in [-0.15, -0.1) is 0 Å². The van der Waals surface area contributed by atoms with E-state index < -0.39 is 11.9 Å². The number of esters is 1. The van der Waals surface area contributed by atoms with Crippen molar-refractivity contribution in [2.24, 2.45) is 0 Å². The van der Waals surface area contributed by atoms with Gasteiger partial charge in [-0.1, -0.05) is 19.3 Å². The summed E-state index contributed by atoms with van der Waals surface area (Å²) in [5, 5.41) is 15.1. The van der Waals surface area contributed by atoms with Crippen molar-refractivity contribution >= 4 is 17.6 Å². The van der Waals surface area contributed by atoms with E-state index in [1.54, 1.807) is 0 Å². The summed E-state index contributed by atoms with van der Waals surface area (Å²) in [6.07, 6.45) is 6.42. The lowest BCUT2D eigenvalue weighted by Crippen LogP contribution is -2.37. The third-order valence-corrected chi connectivity index (χ3v) is 4.61. The van der Waals surface area contributed by atoms with Crippen LogP contribution in [-0.2, 0) is 9.53 Å². The Kier molecular flexibility index (Phi) is 7.69. The first-order valence-electron chi connectivity index (χ1n) is 9.06. The highest BCUT2D eigenvalue weighted by molar-refractivity contribution is 5.99. The first-order chi connectivity index (χ1) is 13.5. The molecule has 28 heavy (non-hydrogen) atoms. The maximum absolute atomic E-state index is 12.4. The molecule has 0 heterocycles. The van der Waals surface area contributed by atoms with E-state index >= 15 is 0 Å². The molecule has 0 radical (unpaired) electrons. The Bertz CT molecular complexity index is 792. The number of carbonyl (C=O) groups is 2. The number of benzene rings is 1. The quantitative estimate of drug-likeness (QED) is 0.420. The Hall–Kier alpha value is -3.21.